The second-order valence-corrected chi connectivity index (χ2v) is 4.42. The molecule has 0 atom stereocenters. The molecule has 1 heterocycles. The molecular formula is C10H19N. The third-order valence-electron chi connectivity index (χ3n) is 2.38. The lowest BCUT2D eigenvalue weighted by molar-refractivity contribution is 0.149. The third kappa shape index (κ3) is 2.33. The van der Waals surface area contributed by atoms with Gasteiger partial charge in [0.2, 0.25) is 0 Å². The van der Waals surface area contributed by atoms with Gasteiger partial charge in [-0.1, -0.05) is 11.6 Å². The van der Waals surface area contributed by atoms with E-state index in [9.17, 15) is 0 Å². The molecule has 1 aliphatic rings. The minimum absolute atomic E-state index is 0.344. The highest BCUT2D eigenvalue weighted by molar-refractivity contribution is 5.05. The smallest absolute Gasteiger partial charge is 0.0171 e. The second-order valence-electron chi connectivity index (χ2n) is 4.42. The molecule has 0 saturated heterocycles. The van der Waals surface area contributed by atoms with E-state index in [4.69, 9.17) is 0 Å². The van der Waals surface area contributed by atoms with E-state index < -0.39 is 0 Å². The monoisotopic (exact) mass is 153 g/mol. The van der Waals surface area contributed by atoms with Crippen LogP contribution in [0.25, 0.3) is 0 Å². The van der Waals surface area contributed by atoms with Crippen molar-refractivity contribution in [3.05, 3.63) is 11.6 Å². The lowest BCUT2D eigenvalue weighted by Crippen LogP contribution is -2.43. The highest BCUT2D eigenvalue weighted by atomic mass is 15.2. The maximum Gasteiger partial charge on any atom is 0.0171 e. The van der Waals surface area contributed by atoms with Crippen LogP contribution in [0.2, 0.25) is 0 Å². The molecule has 0 unspecified atom stereocenters. The molecule has 1 rings (SSSR count). The van der Waals surface area contributed by atoms with Crippen molar-refractivity contribution in [1.82, 2.24) is 4.90 Å². The number of hydrogen-bond donors (Lipinski definition) is 0. The zero-order chi connectivity index (χ0) is 8.48. The Hall–Kier alpha value is -0.300. The molecule has 0 N–H and O–H groups in total. The number of nitrogens with zero attached hydrogens (tertiary/aromatic N) is 1. The van der Waals surface area contributed by atoms with E-state index in [1.54, 1.807) is 5.57 Å². The van der Waals surface area contributed by atoms with Gasteiger partial charge in [0.25, 0.3) is 0 Å². The number of rotatable bonds is 0. The van der Waals surface area contributed by atoms with Crippen molar-refractivity contribution in [3.63, 3.8) is 0 Å². The summed E-state index contributed by atoms with van der Waals surface area (Å²) in [5.74, 6) is 0. The molecule has 0 radical (unpaired) electrons. The zero-order valence-corrected chi connectivity index (χ0v) is 8.15. The molecule has 0 saturated carbocycles. The van der Waals surface area contributed by atoms with Crippen LogP contribution in [0.5, 0.6) is 0 Å². The molecule has 0 aromatic carbocycles. The van der Waals surface area contributed by atoms with Crippen molar-refractivity contribution in [2.24, 2.45) is 0 Å². The summed E-state index contributed by atoms with van der Waals surface area (Å²) in [6.45, 7) is 11.4. The van der Waals surface area contributed by atoms with E-state index in [0.717, 1.165) is 6.54 Å². The summed E-state index contributed by atoms with van der Waals surface area (Å²) in [6, 6.07) is 0. The maximum atomic E-state index is 2.51. The van der Waals surface area contributed by atoms with Crippen molar-refractivity contribution in [1.29, 1.82) is 0 Å². The van der Waals surface area contributed by atoms with E-state index in [1.807, 2.05) is 0 Å². The first kappa shape index (κ1) is 8.79. The molecule has 11 heavy (non-hydrogen) atoms. The lowest BCUT2D eigenvalue weighted by Gasteiger charge is -2.37. The molecule has 0 aliphatic carbocycles. The first-order valence-corrected chi connectivity index (χ1v) is 4.41. The largest absolute Gasteiger partial charge is 0.295 e. The zero-order valence-electron chi connectivity index (χ0n) is 8.15. The molecule has 0 aromatic heterocycles. The molecule has 64 valence electrons. The van der Waals surface area contributed by atoms with E-state index in [1.165, 1.54) is 13.0 Å². The fourth-order valence-electron chi connectivity index (χ4n) is 1.38. The van der Waals surface area contributed by atoms with Crippen LogP contribution in [-0.4, -0.2) is 23.5 Å². The van der Waals surface area contributed by atoms with Gasteiger partial charge in [0, 0.05) is 18.6 Å². The van der Waals surface area contributed by atoms with Gasteiger partial charge in [-0.2, -0.15) is 0 Å². The fraction of sp³-hybridized carbons (Fsp3) is 0.800. The summed E-state index contributed by atoms with van der Waals surface area (Å²) >= 11 is 0. The summed E-state index contributed by atoms with van der Waals surface area (Å²) in [6.07, 6.45) is 3.59. The summed E-state index contributed by atoms with van der Waals surface area (Å²) in [5.41, 5.74) is 1.89. The Morgan fingerprint density at radius 2 is 2.00 bits per heavy atom. The fourth-order valence-corrected chi connectivity index (χ4v) is 1.38. The maximum absolute atomic E-state index is 2.51. The third-order valence-corrected chi connectivity index (χ3v) is 2.38. The SMILES string of the molecule is CC1=CCN(C(C)(C)C)CC1. The van der Waals surface area contributed by atoms with Gasteiger partial charge in [0.15, 0.2) is 0 Å². The van der Waals surface area contributed by atoms with E-state index >= 15 is 0 Å². The molecular weight excluding hydrogens is 134 g/mol. The van der Waals surface area contributed by atoms with Gasteiger partial charge < -0.3 is 0 Å². The molecule has 1 aliphatic heterocycles. The minimum atomic E-state index is 0.344. The first-order valence-electron chi connectivity index (χ1n) is 4.41. The van der Waals surface area contributed by atoms with E-state index in [2.05, 4.69) is 38.7 Å². The predicted molar refractivity (Wildman–Crippen MR) is 49.7 cm³/mol. The highest BCUT2D eigenvalue weighted by Gasteiger charge is 2.21. The Kier molecular flexibility index (Phi) is 2.38. The Morgan fingerprint density at radius 3 is 2.36 bits per heavy atom. The molecule has 0 spiro atoms. The van der Waals surface area contributed by atoms with Gasteiger partial charge in [-0.15, -0.1) is 0 Å². The molecule has 0 amide bonds. The van der Waals surface area contributed by atoms with Crippen LogP contribution >= 0.6 is 0 Å². The topological polar surface area (TPSA) is 3.24 Å². The average Bonchev–Trinajstić information content (AvgIpc) is 1.86. The summed E-state index contributed by atoms with van der Waals surface area (Å²) in [5, 5.41) is 0. The normalized spacial score (nSPS) is 21.6. The van der Waals surface area contributed by atoms with Crippen LogP contribution in [0.3, 0.4) is 0 Å². The van der Waals surface area contributed by atoms with Gasteiger partial charge in [-0.25, -0.2) is 0 Å². The Balaban J connectivity index is 2.54. The molecule has 1 nitrogen and oxygen atoms in total. The lowest BCUT2D eigenvalue weighted by atomic mass is 10.0. The highest BCUT2D eigenvalue weighted by Crippen LogP contribution is 2.18. The van der Waals surface area contributed by atoms with Gasteiger partial charge in [-0.05, 0) is 34.1 Å². The second kappa shape index (κ2) is 2.98. The van der Waals surface area contributed by atoms with Gasteiger partial charge >= 0.3 is 0 Å². The molecule has 0 bridgehead atoms. The summed E-state index contributed by atoms with van der Waals surface area (Å²) < 4.78 is 0. The Labute approximate surface area is 70.1 Å². The average molecular weight is 153 g/mol. The van der Waals surface area contributed by atoms with E-state index in [-0.39, 0.29) is 0 Å². The van der Waals surface area contributed by atoms with Crippen LogP contribution in [0.1, 0.15) is 34.1 Å². The van der Waals surface area contributed by atoms with Crippen LogP contribution < -0.4 is 0 Å². The van der Waals surface area contributed by atoms with Crippen LogP contribution in [0.4, 0.5) is 0 Å². The van der Waals surface area contributed by atoms with Crippen molar-refractivity contribution in [3.8, 4) is 0 Å². The van der Waals surface area contributed by atoms with Gasteiger partial charge in [0.1, 0.15) is 0 Å². The van der Waals surface area contributed by atoms with Crippen molar-refractivity contribution >= 4 is 0 Å². The predicted octanol–water partition coefficient (Wildman–Crippen LogP) is 2.44. The quantitative estimate of drug-likeness (QED) is 0.483. The molecule has 0 fully saturated rings. The van der Waals surface area contributed by atoms with Crippen molar-refractivity contribution < 1.29 is 0 Å². The van der Waals surface area contributed by atoms with Crippen LogP contribution in [0.15, 0.2) is 11.6 Å². The minimum Gasteiger partial charge on any atom is -0.295 e. The standard InChI is InChI=1S/C10H19N/c1-9-5-7-11(8-6-9)10(2,3)4/h5H,6-8H2,1-4H3. The summed E-state index contributed by atoms with van der Waals surface area (Å²) in [7, 11) is 0. The van der Waals surface area contributed by atoms with Crippen LogP contribution in [0, 0.1) is 0 Å². The summed E-state index contributed by atoms with van der Waals surface area (Å²) in [4.78, 5) is 2.51. The molecule has 0 aromatic rings. The molecule has 1 heteroatoms. The van der Waals surface area contributed by atoms with Crippen molar-refractivity contribution in [2.75, 3.05) is 13.1 Å². The van der Waals surface area contributed by atoms with Crippen LogP contribution in [-0.2, 0) is 0 Å². The van der Waals surface area contributed by atoms with Crippen molar-refractivity contribution in [2.45, 2.75) is 39.7 Å². The van der Waals surface area contributed by atoms with E-state index in [0.29, 0.717) is 5.54 Å². The van der Waals surface area contributed by atoms with Gasteiger partial charge in [0.05, 0.1) is 0 Å². The number of hydrogen-bond acceptors (Lipinski definition) is 1. The van der Waals surface area contributed by atoms with Gasteiger partial charge in [-0.3, -0.25) is 4.90 Å². The Bertz CT molecular complexity index is 162. The first-order chi connectivity index (χ1) is 5.00. The Morgan fingerprint density at radius 1 is 1.36 bits per heavy atom.